The van der Waals surface area contributed by atoms with E-state index in [2.05, 4.69) is 10.6 Å². The lowest BCUT2D eigenvalue weighted by Gasteiger charge is -2.16. The van der Waals surface area contributed by atoms with Crippen LogP contribution >= 0.6 is 0 Å². The van der Waals surface area contributed by atoms with Crippen molar-refractivity contribution in [1.82, 2.24) is 4.31 Å². The lowest BCUT2D eigenvalue weighted by molar-refractivity contribution is -0.385. The fourth-order valence-corrected chi connectivity index (χ4v) is 4.86. The molecule has 166 valence electrons. The summed E-state index contributed by atoms with van der Waals surface area (Å²) >= 11 is 0. The Kier molecular flexibility index (Phi) is 6.76. The maximum atomic E-state index is 12.6. The normalized spacial score (nSPS) is 14.3. The Balaban J connectivity index is 1.62. The van der Waals surface area contributed by atoms with Crippen LogP contribution in [0.4, 0.5) is 17.1 Å². The van der Waals surface area contributed by atoms with E-state index in [0.717, 1.165) is 12.8 Å². The van der Waals surface area contributed by atoms with Crippen LogP contribution in [0.15, 0.2) is 41.3 Å². The zero-order valence-corrected chi connectivity index (χ0v) is 18.1. The Hall–Kier alpha value is -3.18. The molecule has 0 spiro atoms. The minimum atomic E-state index is -3.50. The predicted octanol–water partition coefficient (Wildman–Crippen LogP) is 2.75. The van der Waals surface area contributed by atoms with Gasteiger partial charge in [-0.2, -0.15) is 4.31 Å². The standard InChI is InChI=1S/C20H24N4O6S/c1-14-11-18(24(26)27)19(30-2)12-17(14)21-13-20(25)22-15-5-7-16(8-6-15)31(28,29)23-9-3-4-10-23/h5-8,11-12,21H,3-4,9-10,13H2,1-2H3,(H,22,25). The van der Waals surface area contributed by atoms with Gasteiger partial charge in [0.1, 0.15) is 0 Å². The quantitative estimate of drug-likeness (QED) is 0.469. The van der Waals surface area contributed by atoms with Crippen molar-refractivity contribution in [2.24, 2.45) is 0 Å². The van der Waals surface area contributed by atoms with Crippen LogP contribution in [0.2, 0.25) is 0 Å². The Morgan fingerprint density at radius 3 is 2.42 bits per heavy atom. The SMILES string of the molecule is COc1cc(NCC(=O)Nc2ccc(S(=O)(=O)N3CCCC3)cc2)c(C)cc1[N+](=O)[O-]. The fraction of sp³-hybridized carbons (Fsp3) is 0.350. The summed E-state index contributed by atoms with van der Waals surface area (Å²) in [5.74, 6) is -0.264. The van der Waals surface area contributed by atoms with E-state index >= 15 is 0 Å². The predicted molar refractivity (Wildman–Crippen MR) is 116 cm³/mol. The van der Waals surface area contributed by atoms with Crippen molar-refractivity contribution in [3.05, 3.63) is 52.1 Å². The van der Waals surface area contributed by atoms with E-state index in [1.54, 1.807) is 19.1 Å². The summed E-state index contributed by atoms with van der Waals surface area (Å²) in [7, 11) is -2.17. The smallest absolute Gasteiger partial charge is 0.311 e. The average Bonchev–Trinajstić information content (AvgIpc) is 3.29. The number of anilines is 2. The van der Waals surface area contributed by atoms with E-state index in [1.807, 2.05) is 0 Å². The molecule has 11 heteroatoms. The van der Waals surface area contributed by atoms with Crippen molar-refractivity contribution in [2.45, 2.75) is 24.7 Å². The molecule has 0 aliphatic carbocycles. The van der Waals surface area contributed by atoms with Crippen LogP contribution in [0.1, 0.15) is 18.4 Å². The lowest BCUT2D eigenvalue weighted by Crippen LogP contribution is -2.27. The third kappa shape index (κ3) is 5.12. The van der Waals surface area contributed by atoms with Crippen LogP contribution in [0, 0.1) is 17.0 Å². The van der Waals surface area contributed by atoms with Crippen LogP contribution in [0.3, 0.4) is 0 Å². The molecule has 2 aromatic carbocycles. The van der Waals surface area contributed by atoms with Crippen LogP contribution < -0.4 is 15.4 Å². The van der Waals surface area contributed by atoms with Gasteiger partial charge >= 0.3 is 5.69 Å². The van der Waals surface area contributed by atoms with Crippen molar-refractivity contribution in [1.29, 1.82) is 0 Å². The van der Waals surface area contributed by atoms with Crippen molar-refractivity contribution < 1.29 is 22.9 Å². The van der Waals surface area contributed by atoms with Gasteiger partial charge in [-0.3, -0.25) is 14.9 Å². The number of carbonyl (C=O) groups is 1. The van der Waals surface area contributed by atoms with Crippen molar-refractivity contribution in [3.8, 4) is 5.75 Å². The van der Waals surface area contributed by atoms with Gasteiger partial charge in [0.25, 0.3) is 0 Å². The molecule has 0 atom stereocenters. The summed E-state index contributed by atoms with van der Waals surface area (Å²) < 4.78 is 31.6. The highest BCUT2D eigenvalue weighted by Gasteiger charge is 2.27. The molecule has 3 rings (SSSR count). The number of rotatable bonds is 8. The van der Waals surface area contributed by atoms with Gasteiger partial charge in [0.05, 0.1) is 23.5 Å². The lowest BCUT2D eigenvalue weighted by atomic mass is 10.1. The number of amides is 1. The summed E-state index contributed by atoms with van der Waals surface area (Å²) in [6.45, 7) is 2.65. The number of methoxy groups -OCH3 is 1. The van der Waals surface area contributed by atoms with Gasteiger partial charge in [-0.25, -0.2) is 8.42 Å². The van der Waals surface area contributed by atoms with E-state index in [-0.39, 0.29) is 28.8 Å². The molecule has 1 saturated heterocycles. The fourth-order valence-electron chi connectivity index (χ4n) is 3.34. The van der Waals surface area contributed by atoms with Gasteiger partial charge in [0.2, 0.25) is 15.9 Å². The number of nitrogens with zero attached hydrogens (tertiary/aromatic N) is 2. The van der Waals surface area contributed by atoms with Crippen LogP contribution in [0.25, 0.3) is 0 Å². The minimum Gasteiger partial charge on any atom is -0.490 e. The van der Waals surface area contributed by atoms with Crippen LogP contribution in [-0.4, -0.2) is 50.3 Å². The van der Waals surface area contributed by atoms with Gasteiger partial charge < -0.3 is 15.4 Å². The second-order valence-electron chi connectivity index (χ2n) is 7.13. The summed E-state index contributed by atoms with van der Waals surface area (Å²) in [6.07, 6.45) is 1.72. The van der Waals surface area contributed by atoms with Gasteiger partial charge in [-0.15, -0.1) is 0 Å². The number of nitrogens with one attached hydrogen (secondary N) is 2. The van der Waals surface area contributed by atoms with Crippen molar-refractivity contribution in [3.63, 3.8) is 0 Å². The van der Waals surface area contributed by atoms with Gasteiger partial charge in [0, 0.05) is 36.6 Å². The molecule has 2 N–H and O–H groups in total. The van der Waals surface area contributed by atoms with E-state index in [0.29, 0.717) is 30.0 Å². The number of carbonyl (C=O) groups excluding carboxylic acids is 1. The van der Waals surface area contributed by atoms with E-state index < -0.39 is 14.9 Å². The van der Waals surface area contributed by atoms with E-state index in [4.69, 9.17) is 4.74 Å². The zero-order chi connectivity index (χ0) is 22.6. The van der Waals surface area contributed by atoms with Crippen LogP contribution in [-0.2, 0) is 14.8 Å². The molecular weight excluding hydrogens is 424 g/mol. The molecule has 10 nitrogen and oxygen atoms in total. The first-order valence-electron chi connectivity index (χ1n) is 9.69. The zero-order valence-electron chi connectivity index (χ0n) is 17.3. The number of nitro benzene ring substituents is 1. The molecule has 1 aliphatic heterocycles. The summed E-state index contributed by atoms with van der Waals surface area (Å²) in [5, 5.41) is 16.7. The van der Waals surface area contributed by atoms with Crippen molar-refractivity contribution in [2.75, 3.05) is 37.4 Å². The first kappa shape index (κ1) is 22.5. The first-order chi connectivity index (χ1) is 14.7. The molecule has 2 aromatic rings. The van der Waals surface area contributed by atoms with Gasteiger partial charge in [-0.1, -0.05) is 0 Å². The average molecular weight is 449 g/mol. The second kappa shape index (κ2) is 9.31. The number of aryl methyl sites for hydroxylation is 1. The van der Waals surface area contributed by atoms with E-state index in [1.165, 1.54) is 35.7 Å². The Morgan fingerprint density at radius 2 is 1.84 bits per heavy atom. The van der Waals surface area contributed by atoms with Gasteiger partial charge in [0.15, 0.2) is 5.75 Å². The molecule has 0 bridgehead atoms. The molecule has 1 heterocycles. The number of ether oxygens (including phenoxy) is 1. The Labute approximate surface area is 180 Å². The molecule has 0 unspecified atom stereocenters. The number of sulfonamides is 1. The Morgan fingerprint density at radius 1 is 1.19 bits per heavy atom. The molecule has 0 saturated carbocycles. The maximum Gasteiger partial charge on any atom is 0.311 e. The van der Waals surface area contributed by atoms with Gasteiger partial charge in [-0.05, 0) is 49.6 Å². The first-order valence-corrected chi connectivity index (χ1v) is 11.1. The molecule has 0 radical (unpaired) electrons. The topological polar surface area (TPSA) is 131 Å². The van der Waals surface area contributed by atoms with Crippen LogP contribution in [0.5, 0.6) is 5.75 Å². The third-order valence-electron chi connectivity index (χ3n) is 5.00. The molecule has 1 aliphatic rings. The number of benzene rings is 2. The summed E-state index contributed by atoms with van der Waals surface area (Å²) in [5.41, 5.74) is 1.44. The number of hydrogen-bond donors (Lipinski definition) is 2. The third-order valence-corrected chi connectivity index (χ3v) is 6.92. The highest BCUT2D eigenvalue weighted by molar-refractivity contribution is 7.89. The Bertz CT molecular complexity index is 1080. The second-order valence-corrected chi connectivity index (χ2v) is 9.07. The van der Waals surface area contributed by atoms with Crippen molar-refractivity contribution >= 4 is 33.0 Å². The molecular formula is C20H24N4O6S. The number of hydrogen-bond acceptors (Lipinski definition) is 7. The summed E-state index contributed by atoms with van der Waals surface area (Å²) in [4.78, 5) is 23.0. The highest BCUT2D eigenvalue weighted by atomic mass is 32.2. The maximum absolute atomic E-state index is 12.6. The highest BCUT2D eigenvalue weighted by Crippen LogP contribution is 2.32. The largest absolute Gasteiger partial charge is 0.490 e. The molecule has 0 aromatic heterocycles. The molecule has 1 fully saturated rings. The number of nitro groups is 1. The minimum absolute atomic E-state index is 0.0877. The molecule has 31 heavy (non-hydrogen) atoms. The monoisotopic (exact) mass is 448 g/mol. The summed E-state index contributed by atoms with van der Waals surface area (Å²) in [6, 6.07) is 8.88. The molecule has 1 amide bonds. The van der Waals surface area contributed by atoms with E-state index in [9.17, 15) is 23.3 Å².